The summed E-state index contributed by atoms with van der Waals surface area (Å²) in [5.41, 5.74) is 1.94. The minimum atomic E-state index is 0.732. The fourth-order valence-corrected chi connectivity index (χ4v) is 3.35. The molecule has 0 unspecified atom stereocenters. The first-order valence-electron chi connectivity index (χ1n) is 6.26. The number of nitrogens with one attached hydrogen (secondary N) is 2. The van der Waals surface area contributed by atoms with Gasteiger partial charge in [-0.1, -0.05) is 0 Å². The maximum absolute atomic E-state index is 4.15. The average molecular weight is 237 g/mol. The number of hydrogen-bond donors (Lipinski definition) is 2. The van der Waals surface area contributed by atoms with Crippen molar-refractivity contribution in [1.82, 2.24) is 15.6 Å². The molecule has 2 heterocycles. The Morgan fingerprint density at radius 3 is 3.06 bits per heavy atom. The number of thiazole rings is 1. The van der Waals surface area contributed by atoms with Crippen LogP contribution in [-0.2, 0) is 0 Å². The summed E-state index contributed by atoms with van der Waals surface area (Å²) >= 11 is 1.80. The Bertz CT molecular complexity index is 319. The van der Waals surface area contributed by atoms with Crippen LogP contribution in [0, 0.1) is 5.92 Å². The number of hydrogen-bond acceptors (Lipinski definition) is 4. The van der Waals surface area contributed by atoms with Crippen molar-refractivity contribution in [2.24, 2.45) is 5.92 Å². The Morgan fingerprint density at radius 1 is 1.44 bits per heavy atom. The van der Waals surface area contributed by atoms with Gasteiger partial charge in [0.05, 0.1) is 5.51 Å². The summed E-state index contributed by atoms with van der Waals surface area (Å²) in [6, 6.07) is 0.732. The van der Waals surface area contributed by atoms with Crippen LogP contribution in [0.4, 0.5) is 0 Å². The number of aromatic nitrogens is 1. The van der Waals surface area contributed by atoms with Gasteiger partial charge in [0.15, 0.2) is 0 Å². The first-order valence-corrected chi connectivity index (χ1v) is 7.14. The van der Waals surface area contributed by atoms with Crippen LogP contribution in [0.1, 0.15) is 30.1 Å². The van der Waals surface area contributed by atoms with E-state index in [1.165, 1.54) is 43.8 Å². The summed E-state index contributed by atoms with van der Waals surface area (Å²) < 4.78 is 0. The molecule has 2 aliphatic rings. The largest absolute Gasteiger partial charge is 0.317 e. The lowest BCUT2D eigenvalue weighted by molar-refractivity contribution is 0.355. The Hall–Kier alpha value is -0.450. The van der Waals surface area contributed by atoms with Crippen molar-refractivity contribution >= 4 is 11.3 Å². The Morgan fingerprint density at radius 2 is 2.31 bits per heavy atom. The minimum Gasteiger partial charge on any atom is -0.317 e. The van der Waals surface area contributed by atoms with E-state index in [0.717, 1.165) is 17.9 Å². The van der Waals surface area contributed by atoms with Gasteiger partial charge in [-0.25, -0.2) is 0 Å². The van der Waals surface area contributed by atoms with E-state index in [2.05, 4.69) is 15.6 Å². The summed E-state index contributed by atoms with van der Waals surface area (Å²) in [6.45, 7) is 3.62. The van der Waals surface area contributed by atoms with E-state index in [-0.39, 0.29) is 0 Å². The molecule has 3 nitrogen and oxygen atoms in total. The molecule has 1 saturated heterocycles. The third-order valence-corrected chi connectivity index (χ3v) is 4.64. The van der Waals surface area contributed by atoms with Crippen LogP contribution in [0.25, 0.3) is 0 Å². The number of rotatable bonds is 4. The zero-order valence-corrected chi connectivity index (χ0v) is 10.3. The Labute approximate surface area is 101 Å². The third kappa shape index (κ3) is 2.44. The lowest BCUT2D eigenvalue weighted by atomic mass is 9.98. The van der Waals surface area contributed by atoms with Gasteiger partial charge >= 0.3 is 0 Å². The quantitative estimate of drug-likeness (QED) is 0.835. The van der Waals surface area contributed by atoms with Crippen molar-refractivity contribution in [3.63, 3.8) is 0 Å². The summed E-state index contributed by atoms with van der Waals surface area (Å²) in [7, 11) is 0. The molecule has 0 amide bonds. The van der Waals surface area contributed by atoms with E-state index in [1.54, 1.807) is 11.3 Å². The summed E-state index contributed by atoms with van der Waals surface area (Å²) in [5.74, 6) is 1.65. The van der Waals surface area contributed by atoms with Crippen molar-refractivity contribution in [3.8, 4) is 0 Å². The van der Waals surface area contributed by atoms with Gasteiger partial charge in [0, 0.05) is 23.0 Å². The van der Waals surface area contributed by atoms with Gasteiger partial charge in [0.25, 0.3) is 0 Å². The maximum Gasteiger partial charge on any atom is 0.0794 e. The Kier molecular flexibility index (Phi) is 3.22. The molecule has 2 N–H and O–H groups in total. The highest BCUT2D eigenvalue weighted by molar-refractivity contribution is 7.09. The molecule has 0 bridgehead atoms. The topological polar surface area (TPSA) is 37.0 Å². The number of piperidine rings is 1. The molecule has 1 saturated carbocycles. The van der Waals surface area contributed by atoms with Crippen molar-refractivity contribution in [2.45, 2.75) is 31.2 Å². The van der Waals surface area contributed by atoms with Crippen LogP contribution in [0.15, 0.2) is 11.7 Å². The van der Waals surface area contributed by atoms with Crippen molar-refractivity contribution in [3.05, 3.63) is 16.6 Å². The lowest BCUT2D eigenvalue weighted by Gasteiger charge is -2.22. The lowest BCUT2D eigenvalue weighted by Crippen LogP contribution is -2.34. The van der Waals surface area contributed by atoms with Gasteiger partial charge in [-0.2, -0.15) is 0 Å². The highest BCUT2D eigenvalue weighted by Crippen LogP contribution is 2.42. The van der Waals surface area contributed by atoms with Crippen LogP contribution in [-0.4, -0.2) is 30.7 Å². The van der Waals surface area contributed by atoms with E-state index in [9.17, 15) is 0 Å². The molecule has 88 valence electrons. The fourth-order valence-electron chi connectivity index (χ4n) is 2.55. The second-order valence-corrected chi connectivity index (χ2v) is 5.87. The molecule has 0 radical (unpaired) electrons. The van der Waals surface area contributed by atoms with E-state index in [4.69, 9.17) is 0 Å². The maximum atomic E-state index is 4.15. The zero-order chi connectivity index (χ0) is 10.8. The summed E-state index contributed by atoms with van der Waals surface area (Å²) in [5, 5.41) is 7.13. The van der Waals surface area contributed by atoms with Crippen LogP contribution in [0.5, 0.6) is 0 Å². The molecule has 1 aliphatic heterocycles. The van der Waals surface area contributed by atoms with Gasteiger partial charge in [-0.3, -0.25) is 4.98 Å². The highest BCUT2D eigenvalue weighted by Gasteiger charge is 2.39. The van der Waals surface area contributed by atoms with Gasteiger partial charge < -0.3 is 10.6 Å². The van der Waals surface area contributed by atoms with Crippen LogP contribution in [0.3, 0.4) is 0 Å². The van der Waals surface area contributed by atoms with Gasteiger partial charge in [0.2, 0.25) is 0 Å². The van der Waals surface area contributed by atoms with Crippen LogP contribution < -0.4 is 10.6 Å². The smallest absolute Gasteiger partial charge is 0.0794 e. The molecule has 1 aromatic heterocycles. The predicted octanol–water partition coefficient (Wildman–Crippen LogP) is 1.59. The second kappa shape index (κ2) is 4.82. The Balaban J connectivity index is 1.41. The zero-order valence-electron chi connectivity index (χ0n) is 9.48. The molecule has 1 aliphatic carbocycles. The van der Waals surface area contributed by atoms with Crippen LogP contribution >= 0.6 is 11.3 Å². The van der Waals surface area contributed by atoms with Crippen LogP contribution in [0.2, 0.25) is 0 Å². The van der Waals surface area contributed by atoms with Crippen molar-refractivity contribution in [2.75, 3.05) is 19.6 Å². The van der Waals surface area contributed by atoms with Crippen molar-refractivity contribution in [1.29, 1.82) is 0 Å². The predicted molar refractivity (Wildman–Crippen MR) is 66.9 cm³/mol. The molecule has 0 aromatic carbocycles. The standard InChI is InChI=1S/C12H19N3S/c1-3-13-4-2-9(1)6-15-11-5-10(11)12-7-14-8-16-12/h7-11,13,15H,1-6H2/t10-,11+/m0/s1. The fraction of sp³-hybridized carbons (Fsp3) is 0.750. The summed E-state index contributed by atoms with van der Waals surface area (Å²) in [4.78, 5) is 5.61. The molecule has 16 heavy (non-hydrogen) atoms. The molecule has 1 aromatic rings. The van der Waals surface area contributed by atoms with E-state index < -0.39 is 0 Å². The SMILES string of the molecule is c1ncc([C@H]2C[C@H]2NCC2CCNCC2)s1. The second-order valence-electron chi connectivity index (χ2n) is 4.95. The molecule has 3 rings (SSSR count). The van der Waals surface area contributed by atoms with Crippen molar-refractivity contribution < 1.29 is 0 Å². The monoisotopic (exact) mass is 237 g/mol. The molecule has 4 heteroatoms. The molecular weight excluding hydrogens is 218 g/mol. The van der Waals surface area contributed by atoms with Gasteiger partial charge in [-0.05, 0) is 44.8 Å². The average Bonchev–Trinajstić information content (AvgIpc) is 2.90. The first-order chi connectivity index (χ1) is 7.93. The van der Waals surface area contributed by atoms with Gasteiger partial charge in [-0.15, -0.1) is 11.3 Å². The van der Waals surface area contributed by atoms with E-state index in [0.29, 0.717) is 0 Å². The molecule has 0 spiro atoms. The minimum absolute atomic E-state index is 0.732. The summed E-state index contributed by atoms with van der Waals surface area (Å²) in [6.07, 6.45) is 6.02. The third-order valence-electron chi connectivity index (χ3n) is 3.73. The molecule has 2 atom stereocenters. The van der Waals surface area contributed by atoms with E-state index in [1.807, 2.05) is 11.7 Å². The van der Waals surface area contributed by atoms with Gasteiger partial charge in [0.1, 0.15) is 0 Å². The number of nitrogens with zero attached hydrogens (tertiary/aromatic N) is 1. The molecular formula is C12H19N3S. The normalized spacial score (nSPS) is 30.5. The first kappa shape index (κ1) is 10.7. The van der Waals surface area contributed by atoms with E-state index >= 15 is 0 Å². The molecule has 2 fully saturated rings. The highest BCUT2D eigenvalue weighted by atomic mass is 32.1.